The maximum absolute atomic E-state index is 13.0. The summed E-state index contributed by atoms with van der Waals surface area (Å²) in [6.45, 7) is 5.27. The third-order valence-corrected chi connectivity index (χ3v) is 9.71. The van der Waals surface area contributed by atoms with Crippen LogP contribution in [0.5, 0.6) is 0 Å². The third kappa shape index (κ3) is 5.18. The highest BCUT2D eigenvalue weighted by atomic mass is 32.2. The lowest BCUT2D eigenvalue weighted by atomic mass is 10.2. The lowest BCUT2D eigenvalue weighted by Gasteiger charge is -2.34. The van der Waals surface area contributed by atoms with Crippen LogP contribution in [0.1, 0.15) is 37.0 Å². The standard InChI is InChI=1S/C23H29N3O6S2/c1-17-15-26(16-18(2)32-17)34(30,31)21-9-5-19(6-10-21)23(27)24-20-7-11-22(12-8-20)33(28,29)25-13-3-4-14-25/h5-12,17-18H,3-4,13-16H2,1-2H3,(H,24,27). The first-order valence-electron chi connectivity index (χ1n) is 11.2. The molecule has 9 nitrogen and oxygen atoms in total. The van der Waals surface area contributed by atoms with Crippen LogP contribution >= 0.6 is 0 Å². The van der Waals surface area contributed by atoms with E-state index in [1.807, 2.05) is 13.8 Å². The molecule has 2 aromatic carbocycles. The van der Waals surface area contributed by atoms with Gasteiger partial charge in [0.2, 0.25) is 20.0 Å². The van der Waals surface area contributed by atoms with Gasteiger partial charge in [0.1, 0.15) is 0 Å². The van der Waals surface area contributed by atoms with E-state index in [2.05, 4.69) is 5.32 Å². The summed E-state index contributed by atoms with van der Waals surface area (Å²) in [5.74, 6) is -0.423. The third-order valence-electron chi connectivity index (χ3n) is 5.96. The van der Waals surface area contributed by atoms with Gasteiger partial charge in [-0.05, 0) is 75.2 Å². The maximum Gasteiger partial charge on any atom is 0.255 e. The van der Waals surface area contributed by atoms with Crippen molar-refractivity contribution in [1.82, 2.24) is 8.61 Å². The van der Waals surface area contributed by atoms with Gasteiger partial charge in [-0.3, -0.25) is 4.79 Å². The van der Waals surface area contributed by atoms with Crippen LogP contribution in [0.25, 0.3) is 0 Å². The normalized spacial score (nSPS) is 22.5. The van der Waals surface area contributed by atoms with Crippen molar-refractivity contribution in [3.8, 4) is 0 Å². The van der Waals surface area contributed by atoms with Gasteiger partial charge in [-0.2, -0.15) is 8.61 Å². The number of morpholine rings is 1. The molecule has 0 saturated carbocycles. The first-order chi connectivity index (χ1) is 16.1. The summed E-state index contributed by atoms with van der Waals surface area (Å²) in [7, 11) is -7.21. The molecule has 2 aliphatic rings. The summed E-state index contributed by atoms with van der Waals surface area (Å²) in [5, 5.41) is 2.72. The van der Waals surface area contributed by atoms with Crippen molar-refractivity contribution in [2.24, 2.45) is 0 Å². The molecule has 2 atom stereocenters. The number of hydrogen-bond donors (Lipinski definition) is 1. The Hall–Kier alpha value is -2.31. The minimum atomic E-state index is -3.69. The molecule has 34 heavy (non-hydrogen) atoms. The van der Waals surface area contributed by atoms with E-state index in [-0.39, 0.29) is 40.7 Å². The summed E-state index contributed by atoms with van der Waals surface area (Å²) in [4.78, 5) is 12.9. The Labute approximate surface area is 200 Å². The number of hydrogen-bond acceptors (Lipinski definition) is 6. The van der Waals surface area contributed by atoms with Crippen molar-refractivity contribution in [2.75, 3.05) is 31.5 Å². The van der Waals surface area contributed by atoms with Crippen molar-refractivity contribution >= 4 is 31.6 Å². The second kappa shape index (κ2) is 9.74. The van der Waals surface area contributed by atoms with E-state index in [0.29, 0.717) is 18.8 Å². The highest BCUT2D eigenvalue weighted by molar-refractivity contribution is 7.89. The molecule has 184 valence electrons. The molecule has 1 amide bonds. The lowest BCUT2D eigenvalue weighted by Crippen LogP contribution is -2.48. The number of carbonyl (C=O) groups is 1. The molecule has 4 rings (SSSR count). The molecular weight excluding hydrogens is 478 g/mol. The SMILES string of the molecule is CC1CN(S(=O)(=O)c2ccc(C(=O)Nc3ccc(S(=O)(=O)N4CCCC4)cc3)cc2)CC(C)O1. The first-order valence-corrected chi connectivity index (χ1v) is 14.1. The monoisotopic (exact) mass is 507 g/mol. The molecule has 2 aromatic rings. The molecule has 2 fully saturated rings. The minimum Gasteiger partial charge on any atom is -0.373 e. The Bertz CT molecular complexity index is 1230. The highest BCUT2D eigenvalue weighted by Crippen LogP contribution is 2.24. The van der Waals surface area contributed by atoms with Gasteiger partial charge in [0, 0.05) is 37.4 Å². The lowest BCUT2D eigenvalue weighted by molar-refractivity contribution is -0.0440. The van der Waals surface area contributed by atoms with Crippen LogP contribution < -0.4 is 5.32 Å². The maximum atomic E-state index is 13.0. The van der Waals surface area contributed by atoms with Gasteiger partial charge in [-0.15, -0.1) is 0 Å². The highest BCUT2D eigenvalue weighted by Gasteiger charge is 2.32. The van der Waals surface area contributed by atoms with Gasteiger partial charge >= 0.3 is 0 Å². The number of nitrogens with zero attached hydrogens (tertiary/aromatic N) is 2. The Kier molecular flexibility index (Phi) is 7.11. The molecule has 2 unspecified atom stereocenters. The van der Waals surface area contributed by atoms with Gasteiger partial charge in [-0.1, -0.05) is 0 Å². The van der Waals surface area contributed by atoms with Crippen LogP contribution in [0.4, 0.5) is 5.69 Å². The summed E-state index contributed by atoms with van der Waals surface area (Å²) in [6, 6.07) is 11.8. The first kappa shape index (κ1) is 24.8. The number of sulfonamides is 2. The zero-order valence-corrected chi connectivity index (χ0v) is 20.8. The van der Waals surface area contributed by atoms with Crippen LogP contribution in [0.2, 0.25) is 0 Å². The van der Waals surface area contributed by atoms with Crippen molar-refractivity contribution in [1.29, 1.82) is 0 Å². The molecule has 11 heteroatoms. The fourth-order valence-corrected chi connectivity index (χ4v) is 7.35. The predicted molar refractivity (Wildman–Crippen MR) is 128 cm³/mol. The molecule has 0 aromatic heterocycles. The number of amides is 1. The Morgan fingerprint density at radius 3 is 1.79 bits per heavy atom. The van der Waals surface area contributed by atoms with E-state index < -0.39 is 26.0 Å². The molecule has 0 radical (unpaired) electrons. The quantitative estimate of drug-likeness (QED) is 0.643. The smallest absolute Gasteiger partial charge is 0.255 e. The number of benzene rings is 2. The van der Waals surface area contributed by atoms with Gasteiger partial charge in [0.05, 0.1) is 22.0 Å². The second-order valence-corrected chi connectivity index (χ2v) is 12.6. The van der Waals surface area contributed by atoms with Crippen molar-refractivity contribution in [3.05, 3.63) is 54.1 Å². The predicted octanol–water partition coefficient (Wildman–Crippen LogP) is 2.52. The number of nitrogens with one attached hydrogen (secondary N) is 1. The summed E-state index contributed by atoms with van der Waals surface area (Å²) in [5.41, 5.74) is 0.731. The molecule has 1 N–H and O–H groups in total. The van der Waals surface area contributed by atoms with Gasteiger partial charge in [0.15, 0.2) is 0 Å². The van der Waals surface area contributed by atoms with Crippen molar-refractivity contribution < 1.29 is 26.4 Å². The Morgan fingerprint density at radius 1 is 0.794 bits per heavy atom. The van der Waals surface area contributed by atoms with Crippen molar-refractivity contribution in [2.45, 2.75) is 48.7 Å². The molecule has 0 spiro atoms. The van der Waals surface area contributed by atoms with E-state index >= 15 is 0 Å². The molecular formula is C23H29N3O6S2. The van der Waals surface area contributed by atoms with E-state index in [1.54, 1.807) is 12.1 Å². The topological polar surface area (TPSA) is 113 Å². The minimum absolute atomic E-state index is 0.113. The second-order valence-electron chi connectivity index (χ2n) is 8.69. The number of rotatable bonds is 6. The van der Waals surface area contributed by atoms with Crippen LogP contribution in [0, 0.1) is 0 Å². The summed E-state index contributed by atoms with van der Waals surface area (Å²) < 4.78 is 59.7. The van der Waals surface area contributed by atoms with E-state index in [0.717, 1.165) is 12.8 Å². The zero-order valence-electron chi connectivity index (χ0n) is 19.2. The van der Waals surface area contributed by atoms with Crippen LogP contribution in [-0.2, 0) is 24.8 Å². The van der Waals surface area contributed by atoms with E-state index in [4.69, 9.17) is 4.74 Å². The number of anilines is 1. The van der Waals surface area contributed by atoms with Crippen LogP contribution in [0.3, 0.4) is 0 Å². The van der Waals surface area contributed by atoms with Gasteiger partial charge in [0.25, 0.3) is 5.91 Å². The molecule has 0 bridgehead atoms. The van der Waals surface area contributed by atoms with Crippen LogP contribution in [0.15, 0.2) is 58.3 Å². The zero-order chi connectivity index (χ0) is 24.5. The van der Waals surface area contributed by atoms with E-state index in [1.165, 1.54) is 45.0 Å². The largest absolute Gasteiger partial charge is 0.373 e. The van der Waals surface area contributed by atoms with Gasteiger partial charge in [-0.25, -0.2) is 16.8 Å². The number of ether oxygens (including phenoxy) is 1. The molecule has 0 aliphatic carbocycles. The summed E-state index contributed by atoms with van der Waals surface area (Å²) >= 11 is 0. The van der Waals surface area contributed by atoms with Crippen LogP contribution in [-0.4, -0.2) is 69.7 Å². The molecule has 2 heterocycles. The van der Waals surface area contributed by atoms with Gasteiger partial charge < -0.3 is 10.1 Å². The Balaban J connectivity index is 1.43. The fourth-order valence-electron chi connectivity index (χ4n) is 4.25. The molecule has 2 saturated heterocycles. The Morgan fingerprint density at radius 2 is 1.26 bits per heavy atom. The van der Waals surface area contributed by atoms with Crippen molar-refractivity contribution in [3.63, 3.8) is 0 Å². The molecule has 2 aliphatic heterocycles. The van der Waals surface area contributed by atoms with E-state index in [9.17, 15) is 21.6 Å². The average Bonchev–Trinajstić information content (AvgIpc) is 3.35. The average molecular weight is 508 g/mol. The summed E-state index contributed by atoms with van der Waals surface area (Å²) in [6.07, 6.45) is 1.33. The fraction of sp³-hybridized carbons (Fsp3) is 0.435. The number of carbonyl (C=O) groups excluding carboxylic acids is 1.